The molecule has 3 N–H and O–H groups in total. The molecule has 1 saturated heterocycles. The van der Waals surface area contributed by atoms with Crippen LogP contribution in [-0.4, -0.2) is 35.5 Å². The first-order valence-electron chi connectivity index (χ1n) is 5.61. The van der Waals surface area contributed by atoms with Crippen molar-refractivity contribution in [3.8, 4) is 0 Å². The van der Waals surface area contributed by atoms with Gasteiger partial charge >= 0.3 is 6.09 Å². The van der Waals surface area contributed by atoms with E-state index in [9.17, 15) is 4.79 Å². The average molecular weight is 264 g/mol. The van der Waals surface area contributed by atoms with Crippen molar-refractivity contribution in [2.45, 2.75) is 39.2 Å². The Morgan fingerprint density at radius 1 is 1.47 bits per heavy atom. The first kappa shape index (κ1) is 16.0. The molecule has 100 valence electrons. The molecule has 0 radical (unpaired) electrons. The third-order valence-electron chi connectivity index (χ3n) is 2.51. The zero-order chi connectivity index (χ0) is 12.3. The number of hydrogen-bond donors (Lipinski definition) is 2. The van der Waals surface area contributed by atoms with E-state index in [1.807, 2.05) is 20.8 Å². The largest absolute Gasteiger partial charge is 0.444 e. The summed E-state index contributed by atoms with van der Waals surface area (Å²) in [4.78, 5) is 13.4. The summed E-state index contributed by atoms with van der Waals surface area (Å²) in [5.41, 5.74) is 4.99. The molecule has 1 aliphatic heterocycles. The minimum atomic E-state index is -0.472. The fourth-order valence-electron chi connectivity index (χ4n) is 1.72. The molecule has 17 heavy (non-hydrogen) atoms. The molecule has 0 saturated carbocycles. The molecular weight excluding hydrogens is 242 g/mol. The standard InChI is InChI=1S/C11H21N3O2.ClH/c1-11(2,3)16-10(15)14-6-4-5-8(7-14)9(12)13;/h8H,4-7H2,1-3H3,(H3,12,13);1H. The fraction of sp³-hybridized carbons (Fsp3) is 0.818. The summed E-state index contributed by atoms with van der Waals surface area (Å²) in [6.07, 6.45) is 1.46. The van der Waals surface area contributed by atoms with E-state index in [2.05, 4.69) is 0 Å². The number of hydrogen-bond acceptors (Lipinski definition) is 3. The molecule has 1 heterocycles. The summed E-state index contributed by atoms with van der Waals surface area (Å²) in [7, 11) is 0. The van der Waals surface area contributed by atoms with E-state index in [1.165, 1.54) is 0 Å². The van der Waals surface area contributed by atoms with Crippen molar-refractivity contribution in [2.24, 2.45) is 11.7 Å². The van der Waals surface area contributed by atoms with Gasteiger partial charge in [-0.3, -0.25) is 5.41 Å². The number of nitrogens with zero attached hydrogens (tertiary/aromatic N) is 1. The van der Waals surface area contributed by atoms with Crippen LogP contribution in [0.15, 0.2) is 0 Å². The van der Waals surface area contributed by atoms with Crippen LogP contribution >= 0.6 is 12.4 Å². The molecule has 1 aliphatic rings. The number of likely N-dealkylation sites (tertiary alicyclic amines) is 1. The van der Waals surface area contributed by atoms with Crippen LogP contribution in [0.2, 0.25) is 0 Å². The summed E-state index contributed by atoms with van der Waals surface area (Å²) in [6, 6.07) is 0. The highest BCUT2D eigenvalue weighted by molar-refractivity contribution is 5.85. The summed E-state index contributed by atoms with van der Waals surface area (Å²) >= 11 is 0. The van der Waals surface area contributed by atoms with Crippen LogP contribution in [-0.2, 0) is 4.74 Å². The second-order valence-electron chi connectivity index (χ2n) is 5.22. The first-order chi connectivity index (χ1) is 7.29. The highest BCUT2D eigenvalue weighted by atomic mass is 35.5. The Bertz CT molecular complexity index is 289. The SMILES string of the molecule is CC(C)(C)OC(=O)N1CCCC(C(=N)N)C1.Cl. The number of amidine groups is 1. The lowest BCUT2D eigenvalue weighted by Crippen LogP contribution is -2.45. The number of nitrogens with two attached hydrogens (primary N) is 1. The molecule has 1 rings (SSSR count). The molecule has 0 aromatic rings. The van der Waals surface area contributed by atoms with Crippen LogP contribution in [0.5, 0.6) is 0 Å². The second kappa shape index (κ2) is 6.10. The Morgan fingerprint density at radius 2 is 2.06 bits per heavy atom. The maximum absolute atomic E-state index is 11.8. The van der Waals surface area contributed by atoms with Gasteiger partial charge in [-0.15, -0.1) is 12.4 Å². The summed E-state index contributed by atoms with van der Waals surface area (Å²) in [5.74, 6) is 0.148. The summed E-state index contributed by atoms with van der Waals surface area (Å²) in [6.45, 7) is 6.73. The quantitative estimate of drug-likeness (QED) is 0.561. The van der Waals surface area contributed by atoms with Crippen molar-refractivity contribution < 1.29 is 9.53 Å². The molecule has 6 heteroatoms. The Labute approximate surface area is 109 Å². The van der Waals surface area contributed by atoms with Gasteiger partial charge in [-0.05, 0) is 33.6 Å². The third-order valence-corrected chi connectivity index (χ3v) is 2.51. The summed E-state index contributed by atoms with van der Waals surface area (Å²) in [5, 5.41) is 7.40. The van der Waals surface area contributed by atoms with E-state index in [1.54, 1.807) is 4.90 Å². The maximum Gasteiger partial charge on any atom is 0.410 e. The van der Waals surface area contributed by atoms with E-state index in [0.717, 1.165) is 12.8 Å². The van der Waals surface area contributed by atoms with Gasteiger partial charge in [-0.25, -0.2) is 4.79 Å². The van der Waals surface area contributed by atoms with Crippen molar-refractivity contribution in [1.29, 1.82) is 5.41 Å². The van der Waals surface area contributed by atoms with Gasteiger partial charge in [0.2, 0.25) is 0 Å². The van der Waals surface area contributed by atoms with Gasteiger partial charge in [0.05, 0.1) is 5.84 Å². The van der Waals surface area contributed by atoms with Crippen LogP contribution in [0.3, 0.4) is 0 Å². The number of piperidine rings is 1. The lowest BCUT2D eigenvalue weighted by molar-refractivity contribution is 0.0193. The second-order valence-corrected chi connectivity index (χ2v) is 5.22. The topological polar surface area (TPSA) is 79.4 Å². The van der Waals surface area contributed by atoms with Gasteiger partial charge in [-0.1, -0.05) is 0 Å². The molecule has 0 spiro atoms. The van der Waals surface area contributed by atoms with Crippen molar-refractivity contribution in [1.82, 2.24) is 4.90 Å². The average Bonchev–Trinajstić information content (AvgIpc) is 2.15. The van der Waals surface area contributed by atoms with Crippen molar-refractivity contribution in [2.75, 3.05) is 13.1 Å². The fourth-order valence-corrected chi connectivity index (χ4v) is 1.72. The monoisotopic (exact) mass is 263 g/mol. The predicted octanol–water partition coefficient (Wildman–Crippen LogP) is 1.99. The van der Waals surface area contributed by atoms with E-state index in [0.29, 0.717) is 13.1 Å². The third kappa shape index (κ3) is 5.26. The smallest absolute Gasteiger partial charge is 0.410 e. The number of nitrogens with one attached hydrogen (secondary N) is 1. The Kier molecular flexibility index (Phi) is 5.75. The van der Waals surface area contributed by atoms with Crippen molar-refractivity contribution >= 4 is 24.3 Å². The van der Waals surface area contributed by atoms with Gasteiger partial charge < -0.3 is 15.4 Å². The maximum atomic E-state index is 11.8. The highest BCUT2D eigenvalue weighted by Gasteiger charge is 2.28. The Hall–Kier alpha value is -0.970. The van der Waals surface area contributed by atoms with Gasteiger partial charge in [0, 0.05) is 19.0 Å². The molecule has 1 amide bonds. The van der Waals surface area contributed by atoms with E-state index in [4.69, 9.17) is 15.9 Å². The highest BCUT2D eigenvalue weighted by Crippen LogP contribution is 2.18. The Balaban J connectivity index is 0.00000256. The van der Waals surface area contributed by atoms with Crippen molar-refractivity contribution in [3.63, 3.8) is 0 Å². The lowest BCUT2D eigenvalue weighted by Gasteiger charge is -2.33. The molecule has 5 nitrogen and oxygen atoms in total. The number of ether oxygens (including phenoxy) is 1. The number of amides is 1. The van der Waals surface area contributed by atoms with Crippen LogP contribution in [0.4, 0.5) is 4.79 Å². The van der Waals surface area contributed by atoms with E-state index in [-0.39, 0.29) is 30.3 Å². The van der Waals surface area contributed by atoms with Crippen LogP contribution in [0, 0.1) is 11.3 Å². The molecule has 0 bridgehead atoms. The van der Waals surface area contributed by atoms with E-state index < -0.39 is 5.60 Å². The molecule has 0 aliphatic carbocycles. The van der Waals surface area contributed by atoms with Crippen LogP contribution < -0.4 is 5.73 Å². The first-order valence-corrected chi connectivity index (χ1v) is 5.61. The van der Waals surface area contributed by atoms with E-state index >= 15 is 0 Å². The van der Waals surface area contributed by atoms with Gasteiger partial charge in [0.1, 0.15) is 5.60 Å². The zero-order valence-electron chi connectivity index (χ0n) is 10.7. The minimum Gasteiger partial charge on any atom is -0.444 e. The summed E-state index contributed by atoms with van der Waals surface area (Å²) < 4.78 is 5.28. The van der Waals surface area contributed by atoms with Gasteiger partial charge in [0.25, 0.3) is 0 Å². The number of carbonyl (C=O) groups is 1. The van der Waals surface area contributed by atoms with Gasteiger partial charge in [0.15, 0.2) is 0 Å². The molecule has 1 atom stereocenters. The molecule has 0 aromatic carbocycles. The Morgan fingerprint density at radius 3 is 2.53 bits per heavy atom. The molecule has 0 aromatic heterocycles. The van der Waals surface area contributed by atoms with Crippen LogP contribution in [0.25, 0.3) is 0 Å². The number of rotatable bonds is 1. The molecule has 1 unspecified atom stereocenters. The molecule has 1 fully saturated rings. The minimum absolute atomic E-state index is 0. The zero-order valence-corrected chi connectivity index (χ0v) is 11.5. The number of halogens is 1. The van der Waals surface area contributed by atoms with Crippen molar-refractivity contribution in [3.05, 3.63) is 0 Å². The van der Waals surface area contributed by atoms with Crippen LogP contribution in [0.1, 0.15) is 33.6 Å². The normalized spacial score (nSPS) is 20.4. The van der Waals surface area contributed by atoms with Gasteiger partial charge in [-0.2, -0.15) is 0 Å². The lowest BCUT2D eigenvalue weighted by atomic mass is 9.97. The predicted molar refractivity (Wildman–Crippen MR) is 69.7 cm³/mol. The molecular formula is C11H22ClN3O2. The number of carbonyl (C=O) groups excluding carboxylic acids is 1.